The molecule has 61 heavy (non-hydrogen) atoms. The van der Waals surface area contributed by atoms with Gasteiger partial charge in [0.2, 0.25) is 6.79 Å². The van der Waals surface area contributed by atoms with Gasteiger partial charge in [-0.1, -0.05) is 68.3 Å². The third kappa shape index (κ3) is 11.2. The van der Waals surface area contributed by atoms with E-state index in [1.54, 1.807) is 0 Å². The van der Waals surface area contributed by atoms with Crippen LogP contribution in [0.3, 0.4) is 0 Å². The lowest BCUT2D eigenvalue weighted by Crippen LogP contribution is -2.30. The van der Waals surface area contributed by atoms with Crippen LogP contribution in [-0.4, -0.2) is 67.9 Å². The molecule has 1 aliphatic rings. The molecular formula is C47H36N2O12. The summed E-state index contributed by atoms with van der Waals surface area (Å²) in [6.07, 6.45) is 3.39. The number of hydrogen-bond donors (Lipinski definition) is 0. The molecule has 0 radical (unpaired) electrons. The first kappa shape index (κ1) is 42.2. The molecular weight excluding hydrogens is 785 g/mol. The zero-order valence-electron chi connectivity index (χ0n) is 32.4. The first-order chi connectivity index (χ1) is 29.6. The molecule has 0 saturated carbocycles. The second kappa shape index (κ2) is 20.3. The lowest BCUT2D eigenvalue weighted by molar-refractivity contribution is -0.154. The van der Waals surface area contributed by atoms with E-state index in [2.05, 4.69) is 29.9 Å². The molecule has 0 bridgehead atoms. The molecule has 14 nitrogen and oxygen atoms in total. The quantitative estimate of drug-likeness (QED) is 0.0162. The Morgan fingerprint density at radius 3 is 1.67 bits per heavy atom. The molecule has 0 heterocycles. The average Bonchev–Trinajstić information content (AvgIpc) is 3.61. The van der Waals surface area contributed by atoms with E-state index in [9.17, 15) is 24.0 Å². The molecule has 1 atom stereocenters. The van der Waals surface area contributed by atoms with Gasteiger partial charge in [0, 0.05) is 34.9 Å². The van der Waals surface area contributed by atoms with Crippen LogP contribution in [-0.2, 0) is 28.6 Å². The molecule has 0 saturated heterocycles. The average molecular weight is 821 g/mol. The van der Waals surface area contributed by atoms with Crippen LogP contribution < -0.4 is 18.9 Å². The van der Waals surface area contributed by atoms with Crippen molar-refractivity contribution in [1.82, 2.24) is 0 Å². The summed E-state index contributed by atoms with van der Waals surface area (Å²) in [4.78, 5) is 61.1. The van der Waals surface area contributed by atoms with E-state index in [1.807, 2.05) is 48.5 Å². The predicted octanol–water partition coefficient (Wildman–Crippen LogP) is 7.25. The minimum absolute atomic E-state index is 0.0842. The summed E-state index contributed by atoms with van der Waals surface area (Å²) >= 11 is 0. The summed E-state index contributed by atoms with van der Waals surface area (Å²) in [6.45, 7) is 9.21. The second-order valence-corrected chi connectivity index (χ2v) is 12.6. The molecule has 1 aliphatic carbocycles. The SMILES string of the molecule is C=CC(=O)OCOc1ccc(C(=O)Oc2ccc(OC(=O)c3ccc(OCC(COC(=O)C=C)OC(=O)C=C)cc3)c(/C=N/N=C3c4ccccc4-c4ccccc43)c2)cc1. The summed E-state index contributed by atoms with van der Waals surface area (Å²) in [5.74, 6) is -2.64. The number of benzene rings is 5. The maximum absolute atomic E-state index is 13.4. The lowest BCUT2D eigenvalue weighted by atomic mass is 10.1. The van der Waals surface area contributed by atoms with E-state index >= 15 is 0 Å². The zero-order valence-corrected chi connectivity index (χ0v) is 32.4. The number of esters is 5. The maximum Gasteiger partial charge on any atom is 0.343 e. The third-order valence-electron chi connectivity index (χ3n) is 8.64. The summed E-state index contributed by atoms with van der Waals surface area (Å²) in [7, 11) is 0. The van der Waals surface area contributed by atoms with Gasteiger partial charge in [-0.15, -0.1) is 5.10 Å². The Labute approximate surface area is 349 Å². The number of fused-ring (bicyclic) bond motifs is 3. The van der Waals surface area contributed by atoms with Crippen LogP contribution in [0, 0.1) is 0 Å². The molecule has 0 N–H and O–H groups in total. The van der Waals surface area contributed by atoms with E-state index in [0.717, 1.165) is 40.5 Å². The van der Waals surface area contributed by atoms with Crippen LogP contribution in [0.2, 0.25) is 0 Å². The van der Waals surface area contributed by atoms with Crippen LogP contribution in [0.1, 0.15) is 37.4 Å². The standard InChI is InChI=1S/C47H36N2O12/c1-4-42(50)56-28-36(59-44(52)6-3)27-55-33-19-15-31(16-20-33)47(54)61-41-24-23-35(60-46(53)30-17-21-34(22-18-30)57-29-58-43(51)5-2)25-32(41)26-48-49-45-39-13-9-7-11-37(39)38-12-8-10-14-40(38)45/h4-26,36H,1-3,27-29H2/b48-26+. The molecule has 0 fully saturated rings. The number of ether oxygens (including phenoxy) is 7. The molecule has 306 valence electrons. The van der Waals surface area contributed by atoms with Crippen molar-refractivity contribution in [3.05, 3.63) is 181 Å². The zero-order chi connectivity index (χ0) is 43.1. The van der Waals surface area contributed by atoms with Crippen molar-refractivity contribution < 1.29 is 57.1 Å². The second-order valence-electron chi connectivity index (χ2n) is 12.6. The fourth-order valence-electron chi connectivity index (χ4n) is 5.70. The van der Waals surface area contributed by atoms with Gasteiger partial charge in [-0.25, -0.2) is 24.0 Å². The fraction of sp³-hybridized carbons (Fsp3) is 0.0851. The van der Waals surface area contributed by atoms with Gasteiger partial charge in [0.25, 0.3) is 0 Å². The van der Waals surface area contributed by atoms with E-state index in [-0.39, 0.29) is 48.2 Å². The molecule has 0 spiro atoms. The minimum Gasteiger partial charge on any atom is -0.490 e. The van der Waals surface area contributed by atoms with E-state index in [4.69, 9.17) is 33.2 Å². The summed E-state index contributed by atoms with van der Waals surface area (Å²) in [6, 6.07) is 32.0. The van der Waals surface area contributed by atoms with Crippen LogP contribution >= 0.6 is 0 Å². The smallest absolute Gasteiger partial charge is 0.343 e. The molecule has 5 aromatic carbocycles. The van der Waals surface area contributed by atoms with Crippen molar-refractivity contribution >= 4 is 41.8 Å². The van der Waals surface area contributed by atoms with Gasteiger partial charge < -0.3 is 33.2 Å². The van der Waals surface area contributed by atoms with Gasteiger partial charge in [0.15, 0.2) is 6.10 Å². The monoisotopic (exact) mass is 820 g/mol. The Morgan fingerprint density at radius 1 is 0.557 bits per heavy atom. The van der Waals surface area contributed by atoms with E-state index < -0.39 is 36.0 Å². The highest BCUT2D eigenvalue weighted by molar-refractivity contribution is 6.24. The van der Waals surface area contributed by atoms with Crippen LogP contribution in [0.5, 0.6) is 23.0 Å². The van der Waals surface area contributed by atoms with Crippen LogP contribution in [0.15, 0.2) is 163 Å². The maximum atomic E-state index is 13.4. The summed E-state index contributed by atoms with van der Waals surface area (Å²) in [5, 5.41) is 8.95. The summed E-state index contributed by atoms with van der Waals surface area (Å²) < 4.78 is 37.5. The van der Waals surface area contributed by atoms with Crippen molar-refractivity contribution in [2.45, 2.75) is 6.10 Å². The van der Waals surface area contributed by atoms with Crippen molar-refractivity contribution in [3.63, 3.8) is 0 Å². The Morgan fingerprint density at radius 2 is 1.08 bits per heavy atom. The number of nitrogens with zero attached hydrogens (tertiary/aromatic N) is 2. The Hall–Kier alpha value is -8.39. The van der Waals surface area contributed by atoms with Crippen molar-refractivity contribution in [3.8, 4) is 34.1 Å². The van der Waals surface area contributed by atoms with Crippen molar-refractivity contribution in [2.75, 3.05) is 20.0 Å². The molecule has 5 aromatic rings. The highest BCUT2D eigenvalue weighted by Gasteiger charge is 2.24. The molecule has 0 aromatic heterocycles. The van der Waals surface area contributed by atoms with Crippen molar-refractivity contribution in [1.29, 1.82) is 0 Å². The minimum atomic E-state index is -0.952. The van der Waals surface area contributed by atoms with Gasteiger partial charge in [0.1, 0.15) is 41.9 Å². The third-order valence-corrected chi connectivity index (χ3v) is 8.64. The first-order valence-electron chi connectivity index (χ1n) is 18.4. The number of carbonyl (C=O) groups is 5. The number of rotatable bonds is 18. The first-order valence-corrected chi connectivity index (χ1v) is 18.4. The number of carbonyl (C=O) groups excluding carboxylic acids is 5. The largest absolute Gasteiger partial charge is 0.490 e. The molecule has 1 unspecified atom stereocenters. The molecule has 6 rings (SSSR count). The lowest BCUT2D eigenvalue weighted by Gasteiger charge is -2.17. The molecule has 0 aliphatic heterocycles. The predicted molar refractivity (Wildman–Crippen MR) is 223 cm³/mol. The van der Waals surface area contributed by atoms with E-state index in [1.165, 1.54) is 72.9 Å². The van der Waals surface area contributed by atoms with Gasteiger partial charge in [-0.2, -0.15) is 5.10 Å². The number of hydrogen-bond acceptors (Lipinski definition) is 14. The highest BCUT2D eigenvalue weighted by atomic mass is 16.7. The van der Waals surface area contributed by atoms with Gasteiger partial charge >= 0.3 is 29.8 Å². The Balaban J connectivity index is 1.20. The Kier molecular flexibility index (Phi) is 14.1. The van der Waals surface area contributed by atoms with Gasteiger partial charge in [-0.05, 0) is 77.9 Å². The van der Waals surface area contributed by atoms with E-state index in [0.29, 0.717) is 17.2 Å². The van der Waals surface area contributed by atoms with Crippen molar-refractivity contribution in [2.24, 2.45) is 10.2 Å². The van der Waals surface area contributed by atoms with Gasteiger partial charge in [-0.3, -0.25) is 0 Å². The van der Waals surface area contributed by atoms with Gasteiger partial charge in [0.05, 0.1) is 17.3 Å². The Bertz CT molecular complexity index is 2490. The normalized spacial score (nSPS) is 11.5. The molecule has 0 amide bonds. The van der Waals surface area contributed by atoms with Crippen LogP contribution in [0.25, 0.3) is 11.1 Å². The fourth-order valence-corrected chi connectivity index (χ4v) is 5.70. The summed E-state index contributed by atoms with van der Waals surface area (Å²) in [5.41, 5.74) is 5.12. The van der Waals surface area contributed by atoms with Crippen LogP contribution in [0.4, 0.5) is 0 Å². The molecule has 14 heteroatoms. The highest BCUT2D eigenvalue weighted by Crippen LogP contribution is 2.36. The topological polar surface area (TPSA) is 175 Å².